The number of anilines is 1. The van der Waals surface area contributed by atoms with Gasteiger partial charge in [-0.2, -0.15) is 0 Å². The number of pyridine rings is 1. The van der Waals surface area contributed by atoms with Crippen LogP contribution < -0.4 is 10.6 Å². The van der Waals surface area contributed by atoms with Crippen molar-refractivity contribution in [2.75, 3.05) is 18.4 Å². The van der Waals surface area contributed by atoms with E-state index in [9.17, 15) is 13.6 Å². The highest BCUT2D eigenvalue weighted by Gasteiger charge is 2.29. The second-order valence-corrected chi connectivity index (χ2v) is 9.06. The maximum atomic E-state index is 14.6. The molecular formula is C22H24ClF2N7O. The average Bonchev–Trinajstić information content (AvgIpc) is 3.42. The third-order valence-electron chi connectivity index (χ3n) is 6.24. The van der Waals surface area contributed by atoms with Crippen molar-refractivity contribution in [2.45, 2.75) is 50.4 Å². The molecule has 0 unspecified atom stereocenters. The number of carbonyl (C=O) groups is 1. The van der Waals surface area contributed by atoms with Gasteiger partial charge in [-0.3, -0.25) is 0 Å². The zero-order valence-electron chi connectivity index (χ0n) is 17.8. The fraction of sp³-hybridized carbons (Fsp3) is 0.455. The number of aromatic amines is 1. The molecule has 3 atom stereocenters. The Morgan fingerprint density at radius 1 is 1.21 bits per heavy atom. The van der Waals surface area contributed by atoms with Crippen LogP contribution in [-0.4, -0.2) is 62.2 Å². The molecule has 3 aromatic rings. The van der Waals surface area contributed by atoms with Crippen LogP contribution in [0.5, 0.6) is 0 Å². The minimum absolute atomic E-state index is 0.0615. The molecule has 1 aliphatic carbocycles. The number of rotatable bonds is 4. The van der Waals surface area contributed by atoms with Gasteiger partial charge in [-0.05, 0) is 38.2 Å². The van der Waals surface area contributed by atoms with Gasteiger partial charge in [0.15, 0.2) is 17.5 Å². The second kappa shape index (κ2) is 9.09. The fourth-order valence-corrected chi connectivity index (χ4v) is 4.73. The summed E-state index contributed by atoms with van der Waals surface area (Å²) in [6, 6.07) is 1.40. The molecule has 0 radical (unpaired) electrons. The van der Waals surface area contributed by atoms with Gasteiger partial charge in [0.25, 0.3) is 0 Å². The van der Waals surface area contributed by atoms with E-state index in [0.717, 1.165) is 30.8 Å². The van der Waals surface area contributed by atoms with Crippen LogP contribution in [0.2, 0.25) is 5.02 Å². The van der Waals surface area contributed by atoms with Gasteiger partial charge in [-0.25, -0.2) is 28.5 Å². The Labute approximate surface area is 194 Å². The number of aromatic nitrogens is 4. The molecule has 33 heavy (non-hydrogen) atoms. The van der Waals surface area contributed by atoms with Gasteiger partial charge < -0.3 is 20.5 Å². The predicted octanol–water partition coefficient (Wildman–Crippen LogP) is 4.29. The van der Waals surface area contributed by atoms with Crippen LogP contribution in [0.1, 0.15) is 32.1 Å². The molecular weight excluding hydrogens is 452 g/mol. The monoisotopic (exact) mass is 475 g/mol. The molecule has 4 heterocycles. The minimum atomic E-state index is -0.949. The molecule has 0 bridgehead atoms. The minimum Gasteiger partial charge on any atom is -0.365 e. The number of halogens is 3. The molecule has 1 saturated carbocycles. The van der Waals surface area contributed by atoms with Crippen LogP contribution in [0.15, 0.2) is 24.7 Å². The Hall–Kier alpha value is -3.01. The SMILES string of the molecule is O=C(N[C@@H]1CCC[C@H](Nc2nc(-c3c[nH]c4ncc(Cl)cc34)ncc2F)C1)N1CC[C@H](F)C1. The van der Waals surface area contributed by atoms with E-state index in [2.05, 4.69) is 30.6 Å². The quantitative estimate of drug-likeness (QED) is 0.523. The van der Waals surface area contributed by atoms with Crippen molar-refractivity contribution in [2.24, 2.45) is 0 Å². The Kier molecular flexibility index (Phi) is 6.01. The molecule has 2 fully saturated rings. The second-order valence-electron chi connectivity index (χ2n) is 8.63. The summed E-state index contributed by atoms with van der Waals surface area (Å²) in [4.78, 5) is 29.8. The van der Waals surface area contributed by atoms with Crippen molar-refractivity contribution in [3.8, 4) is 11.4 Å². The lowest BCUT2D eigenvalue weighted by molar-refractivity contribution is 0.195. The van der Waals surface area contributed by atoms with Gasteiger partial charge in [-0.15, -0.1) is 0 Å². The smallest absolute Gasteiger partial charge is 0.317 e. The fourth-order valence-electron chi connectivity index (χ4n) is 4.57. The van der Waals surface area contributed by atoms with Crippen molar-refractivity contribution >= 4 is 34.5 Å². The first-order chi connectivity index (χ1) is 16.0. The van der Waals surface area contributed by atoms with Gasteiger partial charge in [0.1, 0.15) is 11.8 Å². The highest BCUT2D eigenvalue weighted by atomic mass is 35.5. The third kappa shape index (κ3) is 4.71. The lowest BCUT2D eigenvalue weighted by Gasteiger charge is -2.31. The number of hydrogen-bond donors (Lipinski definition) is 3. The van der Waals surface area contributed by atoms with Gasteiger partial charge in [0.05, 0.1) is 17.8 Å². The number of hydrogen-bond acceptors (Lipinski definition) is 5. The number of nitrogens with zero attached hydrogens (tertiary/aromatic N) is 4. The van der Waals surface area contributed by atoms with Gasteiger partial charge in [0, 0.05) is 42.0 Å². The van der Waals surface area contributed by atoms with Gasteiger partial charge in [0.2, 0.25) is 0 Å². The summed E-state index contributed by atoms with van der Waals surface area (Å²) in [5, 5.41) is 7.42. The van der Waals surface area contributed by atoms with Gasteiger partial charge >= 0.3 is 6.03 Å². The van der Waals surface area contributed by atoms with E-state index >= 15 is 0 Å². The molecule has 2 amide bonds. The topological polar surface area (TPSA) is 98.8 Å². The van der Waals surface area contributed by atoms with E-state index in [-0.39, 0.29) is 30.5 Å². The first-order valence-electron chi connectivity index (χ1n) is 11.1. The van der Waals surface area contributed by atoms with Crippen molar-refractivity contribution in [3.63, 3.8) is 0 Å². The number of H-pyrrole nitrogens is 1. The maximum absolute atomic E-state index is 14.6. The van der Waals surface area contributed by atoms with E-state index in [1.54, 1.807) is 18.5 Å². The highest BCUT2D eigenvalue weighted by Crippen LogP contribution is 2.29. The molecule has 2 aliphatic rings. The van der Waals surface area contributed by atoms with Crippen molar-refractivity contribution in [1.82, 2.24) is 30.2 Å². The van der Waals surface area contributed by atoms with Crippen LogP contribution >= 0.6 is 11.6 Å². The molecule has 5 rings (SSSR count). The molecule has 3 N–H and O–H groups in total. The number of likely N-dealkylation sites (tertiary alicyclic amines) is 1. The Balaban J connectivity index is 1.29. The first-order valence-corrected chi connectivity index (χ1v) is 11.5. The Bertz CT molecular complexity index is 1170. The zero-order valence-corrected chi connectivity index (χ0v) is 18.6. The number of fused-ring (bicyclic) bond motifs is 1. The molecule has 1 saturated heterocycles. The van der Waals surface area contributed by atoms with Crippen LogP contribution in [0.4, 0.5) is 19.4 Å². The summed E-state index contributed by atoms with van der Waals surface area (Å²) in [6.45, 7) is 0.578. The van der Waals surface area contributed by atoms with Crippen molar-refractivity contribution < 1.29 is 13.6 Å². The standard InChI is InChI=1S/C22H24ClF2N7O/c23-12-6-16-17(9-27-19(16)26-8-12)20-28-10-18(25)21(31-20)29-14-2-1-3-15(7-14)30-22(33)32-5-4-13(24)11-32/h6,8-10,13-15H,1-5,7,11H2,(H,26,27)(H,30,33)(H,28,29,31)/t13-,14-,15+/m0/s1. The van der Waals surface area contributed by atoms with Gasteiger partial charge in [-0.1, -0.05) is 11.6 Å². The average molecular weight is 476 g/mol. The molecule has 1 aliphatic heterocycles. The van der Waals surface area contributed by atoms with E-state index in [0.29, 0.717) is 41.4 Å². The van der Waals surface area contributed by atoms with E-state index in [1.807, 2.05) is 0 Å². The number of carbonyl (C=O) groups excluding carboxylic acids is 1. The van der Waals surface area contributed by atoms with Crippen LogP contribution in [0, 0.1) is 5.82 Å². The summed E-state index contributed by atoms with van der Waals surface area (Å²) in [6.07, 6.45) is 7.00. The molecule has 3 aromatic heterocycles. The van der Waals surface area contributed by atoms with Crippen LogP contribution in [0.25, 0.3) is 22.4 Å². The largest absolute Gasteiger partial charge is 0.365 e. The van der Waals surface area contributed by atoms with E-state index in [4.69, 9.17) is 11.6 Å². The summed E-state index contributed by atoms with van der Waals surface area (Å²) in [7, 11) is 0. The lowest BCUT2D eigenvalue weighted by atomic mass is 9.91. The maximum Gasteiger partial charge on any atom is 0.317 e. The molecule has 8 nitrogen and oxygen atoms in total. The number of amides is 2. The first kappa shape index (κ1) is 21.8. The Morgan fingerprint density at radius 2 is 2.06 bits per heavy atom. The number of nitrogens with one attached hydrogen (secondary N) is 3. The number of alkyl halides is 1. The number of urea groups is 1. The van der Waals surface area contributed by atoms with Crippen molar-refractivity contribution in [1.29, 1.82) is 0 Å². The lowest BCUT2D eigenvalue weighted by Crippen LogP contribution is -2.47. The Morgan fingerprint density at radius 3 is 2.88 bits per heavy atom. The summed E-state index contributed by atoms with van der Waals surface area (Å²) < 4.78 is 28.0. The zero-order chi connectivity index (χ0) is 22.9. The van der Waals surface area contributed by atoms with Crippen molar-refractivity contribution in [3.05, 3.63) is 35.5 Å². The third-order valence-corrected chi connectivity index (χ3v) is 6.45. The summed E-state index contributed by atoms with van der Waals surface area (Å²) in [5.74, 6) is -0.0854. The van der Waals surface area contributed by atoms with E-state index in [1.165, 1.54) is 4.90 Å². The summed E-state index contributed by atoms with van der Waals surface area (Å²) >= 11 is 6.08. The molecule has 0 aromatic carbocycles. The molecule has 0 spiro atoms. The highest BCUT2D eigenvalue weighted by molar-refractivity contribution is 6.31. The van der Waals surface area contributed by atoms with E-state index < -0.39 is 12.0 Å². The summed E-state index contributed by atoms with van der Waals surface area (Å²) in [5.41, 5.74) is 1.31. The van der Waals surface area contributed by atoms with Crippen LogP contribution in [-0.2, 0) is 0 Å². The molecule has 11 heteroatoms. The normalized spacial score (nSPS) is 23.1. The predicted molar refractivity (Wildman–Crippen MR) is 121 cm³/mol. The molecule has 174 valence electrons. The van der Waals surface area contributed by atoms with Crippen LogP contribution in [0.3, 0.4) is 0 Å².